The zero-order chi connectivity index (χ0) is 8.27. The first-order chi connectivity index (χ1) is 5.29. The summed E-state index contributed by atoms with van der Waals surface area (Å²) in [7, 11) is 0. The zero-order valence-corrected chi connectivity index (χ0v) is 8.11. The lowest BCUT2D eigenvalue weighted by Crippen LogP contribution is -1.98. The van der Waals surface area contributed by atoms with E-state index in [0.29, 0.717) is 6.54 Å². The predicted molar refractivity (Wildman–Crippen MR) is 51.5 cm³/mol. The maximum atomic E-state index is 5.47. The smallest absolute Gasteiger partial charge is 0.0637 e. The van der Waals surface area contributed by atoms with E-state index >= 15 is 0 Å². The van der Waals surface area contributed by atoms with Gasteiger partial charge in [0.25, 0.3) is 0 Å². The molecule has 0 unspecified atom stereocenters. The highest BCUT2D eigenvalue weighted by molar-refractivity contribution is 9.10. The molecular formula is C7H8BrClN2. The van der Waals surface area contributed by atoms with Crippen LogP contribution >= 0.6 is 27.7 Å². The quantitative estimate of drug-likeness (QED) is 0.773. The van der Waals surface area contributed by atoms with E-state index in [1.54, 1.807) is 0 Å². The molecule has 0 aromatic heterocycles. The van der Waals surface area contributed by atoms with Crippen LogP contribution in [-0.2, 0) is 6.54 Å². The van der Waals surface area contributed by atoms with Crippen molar-refractivity contribution in [3.8, 4) is 0 Å². The molecule has 0 spiro atoms. The molecular weight excluding hydrogens is 227 g/mol. The van der Waals surface area contributed by atoms with Crippen molar-refractivity contribution in [2.24, 2.45) is 5.73 Å². The first kappa shape index (κ1) is 8.84. The first-order valence-corrected chi connectivity index (χ1v) is 4.30. The van der Waals surface area contributed by atoms with E-state index < -0.39 is 0 Å². The van der Waals surface area contributed by atoms with Gasteiger partial charge >= 0.3 is 0 Å². The first-order valence-electron chi connectivity index (χ1n) is 3.13. The molecule has 0 bridgehead atoms. The molecule has 60 valence electrons. The van der Waals surface area contributed by atoms with E-state index in [0.717, 1.165) is 15.7 Å². The van der Waals surface area contributed by atoms with Crippen molar-refractivity contribution < 1.29 is 0 Å². The Morgan fingerprint density at radius 3 is 2.82 bits per heavy atom. The van der Waals surface area contributed by atoms with Crippen LogP contribution in [-0.4, -0.2) is 0 Å². The zero-order valence-electron chi connectivity index (χ0n) is 5.77. The Hall–Kier alpha value is -0.250. The van der Waals surface area contributed by atoms with Crippen LogP contribution < -0.4 is 10.6 Å². The maximum Gasteiger partial charge on any atom is 0.0637 e. The summed E-state index contributed by atoms with van der Waals surface area (Å²) in [4.78, 5) is 2.54. The molecule has 0 fully saturated rings. The van der Waals surface area contributed by atoms with Crippen LogP contribution in [0.1, 0.15) is 5.56 Å². The third kappa shape index (κ3) is 1.86. The van der Waals surface area contributed by atoms with Gasteiger partial charge in [0, 0.05) is 22.8 Å². The molecule has 1 aromatic rings. The summed E-state index contributed by atoms with van der Waals surface area (Å²) < 4.78 is 0.928. The lowest BCUT2D eigenvalue weighted by molar-refractivity contribution is 1.06. The Balaban J connectivity index is 3.10. The molecule has 0 aliphatic rings. The van der Waals surface area contributed by atoms with Gasteiger partial charge in [-0.25, -0.2) is 0 Å². The molecule has 0 radical (unpaired) electrons. The number of hydrogen-bond acceptors (Lipinski definition) is 2. The molecule has 0 amide bonds. The molecule has 2 nitrogen and oxygen atoms in total. The molecule has 0 saturated carbocycles. The minimum atomic E-state index is 0.507. The van der Waals surface area contributed by atoms with Gasteiger partial charge in [0.2, 0.25) is 0 Å². The second-order valence-corrected chi connectivity index (χ2v) is 3.06. The fraction of sp³-hybridized carbons (Fsp3) is 0.143. The van der Waals surface area contributed by atoms with E-state index in [9.17, 15) is 0 Å². The van der Waals surface area contributed by atoms with Crippen LogP contribution in [0.25, 0.3) is 0 Å². The van der Waals surface area contributed by atoms with Gasteiger partial charge in [-0.1, -0.05) is 12.1 Å². The Labute approximate surface area is 79.0 Å². The predicted octanol–water partition coefficient (Wildman–Crippen LogP) is 2.47. The summed E-state index contributed by atoms with van der Waals surface area (Å²) in [5.74, 6) is 0. The van der Waals surface area contributed by atoms with Crippen molar-refractivity contribution in [2.75, 3.05) is 4.84 Å². The van der Waals surface area contributed by atoms with Crippen LogP contribution in [0.3, 0.4) is 0 Å². The number of benzene rings is 1. The number of halogens is 2. The van der Waals surface area contributed by atoms with Gasteiger partial charge in [-0.3, -0.25) is 4.84 Å². The lowest BCUT2D eigenvalue weighted by Gasteiger charge is -2.05. The fourth-order valence-electron chi connectivity index (χ4n) is 0.810. The fourth-order valence-corrected chi connectivity index (χ4v) is 1.61. The monoisotopic (exact) mass is 234 g/mol. The van der Waals surface area contributed by atoms with E-state index in [4.69, 9.17) is 17.5 Å². The maximum absolute atomic E-state index is 5.47. The normalized spacial score (nSPS) is 9.73. The average Bonchev–Trinajstić information content (AvgIpc) is 2.05. The standard InChI is InChI=1S/C7H8BrClN2/c8-7-5(4-10)2-1-3-6(7)11-9/h1-3,11H,4,10H2. The van der Waals surface area contributed by atoms with Crippen LogP contribution in [0.4, 0.5) is 5.69 Å². The highest BCUT2D eigenvalue weighted by atomic mass is 79.9. The van der Waals surface area contributed by atoms with Gasteiger partial charge in [-0.15, -0.1) is 0 Å². The molecule has 11 heavy (non-hydrogen) atoms. The van der Waals surface area contributed by atoms with Crippen molar-refractivity contribution in [1.29, 1.82) is 0 Å². The van der Waals surface area contributed by atoms with Gasteiger partial charge in [0.1, 0.15) is 0 Å². The largest absolute Gasteiger partial charge is 0.326 e. The van der Waals surface area contributed by atoms with Crippen LogP contribution in [0.5, 0.6) is 0 Å². The number of nitrogens with one attached hydrogen (secondary N) is 1. The highest BCUT2D eigenvalue weighted by Crippen LogP contribution is 2.26. The molecule has 0 aliphatic carbocycles. The minimum Gasteiger partial charge on any atom is -0.326 e. The Bertz CT molecular complexity index is 230. The molecule has 3 N–H and O–H groups in total. The van der Waals surface area contributed by atoms with Crippen molar-refractivity contribution in [3.63, 3.8) is 0 Å². The minimum absolute atomic E-state index is 0.507. The van der Waals surface area contributed by atoms with Crippen LogP contribution in [0.15, 0.2) is 22.7 Å². The third-order valence-corrected chi connectivity index (χ3v) is 2.54. The van der Waals surface area contributed by atoms with E-state index in [1.165, 1.54) is 0 Å². The molecule has 0 heterocycles. The molecule has 4 heteroatoms. The van der Waals surface area contributed by atoms with Gasteiger partial charge in [-0.05, 0) is 27.6 Å². The number of anilines is 1. The topological polar surface area (TPSA) is 38.0 Å². The molecule has 0 aliphatic heterocycles. The van der Waals surface area contributed by atoms with Crippen LogP contribution in [0, 0.1) is 0 Å². The van der Waals surface area contributed by atoms with Crippen molar-refractivity contribution in [1.82, 2.24) is 0 Å². The average molecular weight is 236 g/mol. The summed E-state index contributed by atoms with van der Waals surface area (Å²) in [5, 5.41) is 0. The molecule has 0 atom stereocenters. The Morgan fingerprint density at radius 2 is 2.27 bits per heavy atom. The number of rotatable bonds is 2. The molecule has 0 saturated heterocycles. The highest BCUT2D eigenvalue weighted by Gasteiger charge is 2.01. The van der Waals surface area contributed by atoms with Gasteiger partial charge in [0.15, 0.2) is 0 Å². The van der Waals surface area contributed by atoms with Gasteiger partial charge in [0.05, 0.1) is 5.69 Å². The van der Waals surface area contributed by atoms with Crippen LogP contribution in [0.2, 0.25) is 0 Å². The van der Waals surface area contributed by atoms with Gasteiger partial charge < -0.3 is 5.73 Å². The number of hydrogen-bond donors (Lipinski definition) is 2. The third-order valence-electron chi connectivity index (χ3n) is 1.40. The summed E-state index contributed by atoms with van der Waals surface area (Å²) >= 11 is 8.81. The summed E-state index contributed by atoms with van der Waals surface area (Å²) in [5.41, 5.74) is 7.35. The van der Waals surface area contributed by atoms with Crippen molar-refractivity contribution >= 4 is 33.4 Å². The molecule has 1 rings (SSSR count). The Morgan fingerprint density at radius 1 is 1.55 bits per heavy atom. The van der Waals surface area contributed by atoms with E-state index in [-0.39, 0.29) is 0 Å². The summed E-state index contributed by atoms with van der Waals surface area (Å²) in [6, 6.07) is 5.72. The van der Waals surface area contributed by atoms with Gasteiger partial charge in [-0.2, -0.15) is 0 Å². The molecule has 1 aromatic carbocycles. The van der Waals surface area contributed by atoms with Crippen molar-refractivity contribution in [3.05, 3.63) is 28.2 Å². The van der Waals surface area contributed by atoms with Crippen molar-refractivity contribution in [2.45, 2.75) is 6.54 Å². The lowest BCUT2D eigenvalue weighted by atomic mass is 10.2. The summed E-state index contributed by atoms with van der Waals surface area (Å²) in [6.07, 6.45) is 0. The number of nitrogens with two attached hydrogens (primary N) is 1. The second kappa shape index (κ2) is 3.95. The Kier molecular flexibility index (Phi) is 3.17. The SMILES string of the molecule is NCc1cccc(NCl)c1Br. The van der Waals surface area contributed by atoms with E-state index in [1.807, 2.05) is 18.2 Å². The van der Waals surface area contributed by atoms with E-state index in [2.05, 4.69) is 20.8 Å². The summed E-state index contributed by atoms with van der Waals surface area (Å²) in [6.45, 7) is 0.507. The second-order valence-electron chi connectivity index (χ2n) is 2.08.